The number of alkyl halides is 1. The SMILES string of the molecule is C=C/C(C(=O)O)=C(\C)SC[Si](C)(C)O[Si](C)(C)CCl. The molecule has 0 aliphatic rings. The average molecular weight is 339 g/mol. The van der Waals surface area contributed by atoms with Crippen LogP contribution in [0.1, 0.15) is 6.92 Å². The molecule has 0 saturated heterocycles. The Balaban J connectivity index is 4.71. The van der Waals surface area contributed by atoms with Gasteiger partial charge in [-0.1, -0.05) is 12.7 Å². The Kier molecular flexibility index (Phi) is 7.68. The van der Waals surface area contributed by atoms with Gasteiger partial charge in [-0.2, -0.15) is 0 Å². The Bertz CT molecular complexity index is 381. The van der Waals surface area contributed by atoms with E-state index in [9.17, 15) is 4.79 Å². The Morgan fingerprint density at radius 3 is 2.26 bits per heavy atom. The predicted octanol–water partition coefficient (Wildman–Crippen LogP) is 4.01. The standard InChI is InChI=1S/C12H23ClO3SSi2/c1-7-11(12(14)15)10(2)17-9-19(5,6)16-18(3,4)8-13/h7H,1,8-9H2,2-6H3,(H,14,15)/b11-10-. The lowest BCUT2D eigenvalue weighted by Gasteiger charge is -2.32. The fourth-order valence-electron chi connectivity index (χ4n) is 1.55. The molecule has 1 N–H and O–H groups in total. The summed E-state index contributed by atoms with van der Waals surface area (Å²) in [4.78, 5) is 11.8. The smallest absolute Gasteiger partial charge is 0.336 e. The van der Waals surface area contributed by atoms with Crippen molar-refractivity contribution in [3.63, 3.8) is 0 Å². The van der Waals surface area contributed by atoms with E-state index in [2.05, 4.69) is 32.8 Å². The highest BCUT2D eigenvalue weighted by Crippen LogP contribution is 2.26. The van der Waals surface area contributed by atoms with Gasteiger partial charge >= 0.3 is 5.97 Å². The van der Waals surface area contributed by atoms with Crippen LogP contribution in [0.4, 0.5) is 0 Å². The van der Waals surface area contributed by atoms with Gasteiger partial charge < -0.3 is 9.22 Å². The molecule has 0 aromatic carbocycles. The third kappa shape index (κ3) is 7.36. The quantitative estimate of drug-likeness (QED) is 0.314. The summed E-state index contributed by atoms with van der Waals surface area (Å²) in [6.45, 7) is 13.8. The maximum Gasteiger partial charge on any atom is 0.336 e. The van der Waals surface area contributed by atoms with E-state index in [0.717, 1.165) is 10.3 Å². The van der Waals surface area contributed by atoms with Gasteiger partial charge in [0, 0.05) is 10.9 Å². The van der Waals surface area contributed by atoms with Gasteiger partial charge in [0.25, 0.3) is 0 Å². The van der Waals surface area contributed by atoms with Crippen LogP contribution in [0.2, 0.25) is 26.2 Å². The second-order valence-corrected chi connectivity index (χ2v) is 16.5. The van der Waals surface area contributed by atoms with Crippen molar-refractivity contribution in [2.24, 2.45) is 0 Å². The molecule has 110 valence electrons. The molecule has 0 aromatic rings. The van der Waals surface area contributed by atoms with Gasteiger partial charge in [0.05, 0.1) is 5.57 Å². The van der Waals surface area contributed by atoms with Crippen molar-refractivity contribution in [2.75, 3.05) is 10.9 Å². The molecule has 0 radical (unpaired) electrons. The molecule has 0 aliphatic carbocycles. The van der Waals surface area contributed by atoms with Gasteiger partial charge in [0.2, 0.25) is 0 Å². The average Bonchev–Trinajstić information content (AvgIpc) is 2.25. The van der Waals surface area contributed by atoms with Crippen molar-refractivity contribution in [3.8, 4) is 0 Å². The third-order valence-corrected chi connectivity index (χ3v) is 13.3. The lowest BCUT2D eigenvalue weighted by molar-refractivity contribution is -0.132. The van der Waals surface area contributed by atoms with Crippen molar-refractivity contribution >= 4 is 46.0 Å². The summed E-state index contributed by atoms with van der Waals surface area (Å²) in [6.07, 6.45) is 1.39. The lowest BCUT2D eigenvalue weighted by Crippen LogP contribution is -2.47. The molecule has 0 bridgehead atoms. The first kappa shape index (κ1) is 19.0. The minimum absolute atomic E-state index is 0.267. The zero-order valence-corrected chi connectivity index (χ0v) is 15.8. The van der Waals surface area contributed by atoms with E-state index in [4.69, 9.17) is 20.8 Å². The van der Waals surface area contributed by atoms with Crippen LogP contribution in [-0.2, 0) is 8.91 Å². The second kappa shape index (κ2) is 7.68. The number of aliphatic carboxylic acids is 1. The Morgan fingerprint density at radius 1 is 1.37 bits per heavy atom. The number of halogens is 1. The summed E-state index contributed by atoms with van der Waals surface area (Å²) < 4.78 is 6.23. The summed E-state index contributed by atoms with van der Waals surface area (Å²) >= 11 is 7.47. The van der Waals surface area contributed by atoms with Gasteiger partial charge in [0.1, 0.15) is 0 Å². The number of thioether (sulfide) groups is 1. The monoisotopic (exact) mass is 338 g/mol. The second-order valence-electron chi connectivity index (χ2n) is 5.52. The number of allylic oxidation sites excluding steroid dienone is 1. The van der Waals surface area contributed by atoms with Crippen LogP contribution in [0.15, 0.2) is 23.1 Å². The minimum Gasteiger partial charge on any atom is -0.478 e. The van der Waals surface area contributed by atoms with Crippen molar-refractivity contribution in [2.45, 2.75) is 33.1 Å². The summed E-state index contributed by atoms with van der Waals surface area (Å²) in [6, 6.07) is 0. The number of rotatable bonds is 8. The molecule has 0 fully saturated rings. The first-order valence-corrected chi connectivity index (χ1v) is 13.8. The van der Waals surface area contributed by atoms with Crippen LogP contribution in [-0.4, -0.2) is 38.6 Å². The topological polar surface area (TPSA) is 46.5 Å². The number of hydrogen-bond acceptors (Lipinski definition) is 3. The van der Waals surface area contributed by atoms with Gasteiger partial charge in [-0.25, -0.2) is 4.79 Å². The molecule has 3 nitrogen and oxygen atoms in total. The highest BCUT2D eigenvalue weighted by molar-refractivity contribution is 8.04. The Labute approximate surface area is 127 Å². The zero-order valence-electron chi connectivity index (χ0n) is 12.2. The van der Waals surface area contributed by atoms with Crippen LogP contribution in [0.25, 0.3) is 0 Å². The first-order valence-electron chi connectivity index (χ1n) is 6.00. The minimum atomic E-state index is -1.84. The molecule has 0 aromatic heterocycles. The largest absolute Gasteiger partial charge is 0.478 e. The van der Waals surface area contributed by atoms with Crippen LogP contribution >= 0.6 is 23.4 Å². The van der Waals surface area contributed by atoms with Crippen LogP contribution in [0, 0.1) is 0 Å². The van der Waals surface area contributed by atoms with Crippen LogP contribution in [0.5, 0.6) is 0 Å². The predicted molar refractivity (Wildman–Crippen MR) is 89.8 cm³/mol. The fourth-order valence-corrected chi connectivity index (χ4v) is 11.6. The first-order chi connectivity index (χ1) is 8.54. The highest BCUT2D eigenvalue weighted by Gasteiger charge is 2.32. The molecular weight excluding hydrogens is 316 g/mol. The molecule has 0 rings (SSSR count). The van der Waals surface area contributed by atoms with Gasteiger partial charge in [0.15, 0.2) is 16.6 Å². The summed E-state index contributed by atoms with van der Waals surface area (Å²) in [5.41, 5.74) is 0.847. The van der Waals surface area contributed by atoms with Crippen LogP contribution < -0.4 is 0 Å². The number of carboxylic acids is 1. The molecule has 0 amide bonds. The van der Waals surface area contributed by atoms with Crippen molar-refractivity contribution < 1.29 is 14.0 Å². The van der Waals surface area contributed by atoms with E-state index >= 15 is 0 Å². The van der Waals surface area contributed by atoms with Crippen molar-refractivity contribution in [1.29, 1.82) is 0 Å². The number of carbonyl (C=O) groups is 1. The molecular formula is C12H23ClO3SSi2. The molecule has 0 atom stereocenters. The highest BCUT2D eigenvalue weighted by atomic mass is 35.5. The Hall–Kier alpha value is -0.0162. The van der Waals surface area contributed by atoms with Crippen LogP contribution in [0.3, 0.4) is 0 Å². The molecule has 0 aliphatic heterocycles. The molecule has 0 spiro atoms. The number of hydrogen-bond donors (Lipinski definition) is 1. The summed E-state index contributed by atoms with van der Waals surface area (Å²) in [5.74, 6) is -0.934. The maximum atomic E-state index is 11.0. The van der Waals surface area contributed by atoms with E-state index in [1.807, 2.05) is 6.92 Å². The van der Waals surface area contributed by atoms with E-state index in [0.29, 0.717) is 5.50 Å². The van der Waals surface area contributed by atoms with E-state index in [1.165, 1.54) is 17.8 Å². The summed E-state index contributed by atoms with van der Waals surface area (Å²) in [5, 5.41) is 9.84. The Morgan fingerprint density at radius 2 is 1.89 bits per heavy atom. The molecule has 0 heterocycles. The van der Waals surface area contributed by atoms with E-state index < -0.39 is 22.6 Å². The van der Waals surface area contributed by atoms with Crippen molar-refractivity contribution in [3.05, 3.63) is 23.1 Å². The van der Waals surface area contributed by atoms with Gasteiger partial charge in [-0.3, -0.25) is 0 Å². The van der Waals surface area contributed by atoms with E-state index in [-0.39, 0.29) is 5.57 Å². The molecule has 0 saturated carbocycles. The fraction of sp³-hybridized carbons (Fsp3) is 0.583. The summed E-state index contributed by atoms with van der Waals surface area (Å²) in [7, 11) is -3.62. The van der Waals surface area contributed by atoms with Gasteiger partial charge in [-0.05, 0) is 38.0 Å². The lowest BCUT2D eigenvalue weighted by atomic mass is 10.2. The number of carboxylic acid groups (broad SMARTS) is 1. The molecule has 0 unspecified atom stereocenters. The zero-order chi connectivity index (χ0) is 15.3. The van der Waals surface area contributed by atoms with Gasteiger partial charge in [-0.15, -0.1) is 23.4 Å². The van der Waals surface area contributed by atoms with E-state index in [1.54, 1.807) is 0 Å². The maximum absolute atomic E-state index is 11.0. The third-order valence-electron chi connectivity index (χ3n) is 2.32. The molecule has 19 heavy (non-hydrogen) atoms. The normalized spacial score (nSPS) is 14.0. The molecule has 7 heteroatoms. The van der Waals surface area contributed by atoms with Crippen molar-refractivity contribution in [1.82, 2.24) is 0 Å².